The molecule has 1 N–H and O–H groups in total. The van der Waals surface area contributed by atoms with Crippen LogP contribution in [0.15, 0.2) is 60.7 Å². The van der Waals surface area contributed by atoms with Crippen molar-refractivity contribution >= 4 is 0 Å². The predicted octanol–water partition coefficient (Wildman–Crippen LogP) is 4.75. The third-order valence-corrected chi connectivity index (χ3v) is 5.03. The molecule has 3 rings (SSSR count). The van der Waals surface area contributed by atoms with Gasteiger partial charge in [0.1, 0.15) is 5.60 Å². The van der Waals surface area contributed by atoms with Crippen LogP contribution in [0.4, 0.5) is 0 Å². The number of benzene rings is 2. The molecule has 0 unspecified atom stereocenters. The summed E-state index contributed by atoms with van der Waals surface area (Å²) >= 11 is 0. The van der Waals surface area contributed by atoms with E-state index in [0.29, 0.717) is 5.92 Å². The summed E-state index contributed by atoms with van der Waals surface area (Å²) in [5.41, 5.74) is 1.19. The van der Waals surface area contributed by atoms with E-state index < -0.39 is 5.60 Å². The third kappa shape index (κ3) is 2.75. The highest BCUT2D eigenvalue weighted by Crippen LogP contribution is 2.44. The normalized spacial score (nSPS) is 23.0. The van der Waals surface area contributed by atoms with Gasteiger partial charge in [-0.15, -0.1) is 0 Å². The minimum Gasteiger partial charge on any atom is -0.380 e. The molecule has 0 radical (unpaired) electrons. The zero-order chi connectivity index (χ0) is 14.7. The van der Waals surface area contributed by atoms with Crippen LogP contribution in [0.25, 0.3) is 0 Å². The summed E-state index contributed by atoms with van der Waals surface area (Å²) in [6.45, 7) is 2.32. The first-order valence-electron chi connectivity index (χ1n) is 8.04. The number of hydrogen-bond acceptors (Lipinski definition) is 1. The molecule has 1 fully saturated rings. The highest BCUT2D eigenvalue weighted by molar-refractivity contribution is 5.37. The van der Waals surface area contributed by atoms with Crippen molar-refractivity contribution < 1.29 is 5.11 Å². The van der Waals surface area contributed by atoms with E-state index in [1.54, 1.807) is 0 Å². The summed E-state index contributed by atoms with van der Waals surface area (Å²) in [5.74, 6) is 1.09. The van der Waals surface area contributed by atoms with Crippen molar-refractivity contribution in [3.63, 3.8) is 0 Å². The fourth-order valence-electron chi connectivity index (χ4n) is 3.70. The summed E-state index contributed by atoms with van der Waals surface area (Å²) in [6.07, 6.45) is 4.63. The zero-order valence-corrected chi connectivity index (χ0v) is 12.7. The summed E-state index contributed by atoms with van der Waals surface area (Å²) in [6, 6.07) is 20.4. The van der Waals surface area contributed by atoms with Crippen LogP contribution < -0.4 is 0 Å². The molecule has 110 valence electrons. The zero-order valence-electron chi connectivity index (χ0n) is 12.7. The van der Waals surface area contributed by atoms with E-state index in [0.717, 1.165) is 29.9 Å². The van der Waals surface area contributed by atoms with Crippen LogP contribution in [0, 0.1) is 11.8 Å². The molecule has 2 aromatic carbocycles. The molecule has 0 amide bonds. The van der Waals surface area contributed by atoms with E-state index in [9.17, 15) is 5.11 Å². The Morgan fingerprint density at radius 1 is 0.762 bits per heavy atom. The van der Waals surface area contributed by atoms with Gasteiger partial charge in [0.2, 0.25) is 0 Å². The first kappa shape index (κ1) is 14.3. The highest BCUT2D eigenvalue weighted by atomic mass is 16.3. The Morgan fingerprint density at radius 2 is 1.19 bits per heavy atom. The monoisotopic (exact) mass is 280 g/mol. The molecule has 0 aliphatic heterocycles. The molecule has 0 bridgehead atoms. The Balaban J connectivity index is 2.03. The molecular weight excluding hydrogens is 256 g/mol. The van der Waals surface area contributed by atoms with E-state index in [2.05, 4.69) is 31.2 Å². The van der Waals surface area contributed by atoms with Gasteiger partial charge in [0.25, 0.3) is 0 Å². The molecule has 0 atom stereocenters. The van der Waals surface area contributed by atoms with Crippen LogP contribution in [0.1, 0.15) is 43.7 Å². The molecule has 1 aliphatic carbocycles. The Labute approximate surface area is 127 Å². The maximum absolute atomic E-state index is 11.7. The molecule has 0 saturated heterocycles. The Morgan fingerprint density at radius 3 is 1.62 bits per heavy atom. The minimum absolute atomic E-state index is 0.304. The maximum atomic E-state index is 11.7. The molecule has 21 heavy (non-hydrogen) atoms. The summed E-state index contributed by atoms with van der Waals surface area (Å²) in [5, 5.41) is 11.7. The van der Waals surface area contributed by atoms with Crippen molar-refractivity contribution in [1.29, 1.82) is 0 Å². The quantitative estimate of drug-likeness (QED) is 0.860. The second kappa shape index (κ2) is 6.03. The van der Waals surface area contributed by atoms with E-state index >= 15 is 0 Å². The van der Waals surface area contributed by atoms with Crippen LogP contribution in [-0.4, -0.2) is 5.11 Å². The minimum atomic E-state index is -0.858. The molecule has 0 spiro atoms. The first-order valence-corrected chi connectivity index (χ1v) is 8.04. The van der Waals surface area contributed by atoms with Crippen LogP contribution in [-0.2, 0) is 5.60 Å². The Bertz CT molecular complexity index is 513. The van der Waals surface area contributed by atoms with Crippen molar-refractivity contribution in [2.24, 2.45) is 11.8 Å². The summed E-state index contributed by atoms with van der Waals surface area (Å²) < 4.78 is 0. The van der Waals surface area contributed by atoms with Gasteiger partial charge in [0.05, 0.1) is 0 Å². The molecule has 1 saturated carbocycles. The Hall–Kier alpha value is -1.60. The average molecular weight is 280 g/mol. The van der Waals surface area contributed by atoms with Crippen molar-refractivity contribution in [2.45, 2.75) is 38.2 Å². The smallest absolute Gasteiger partial charge is 0.117 e. The van der Waals surface area contributed by atoms with E-state index in [-0.39, 0.29) is 0 Å². The molecule has 1 aliphatic rings. The van der Waals surface area contributed by atoms with Gasteiger partial charge in [-0.3, -0.25) is 0 Å². The van der Waals surface area contributed by atoms with E-state index in [4.69, 9.17) is 0 Å². The van der Waals surface area contributed by atoms with Gasteiger partial charge in [0.15, 0.2) is 0 Å². The van der Waals surface area contributed by atoms with Crippen LogP contribution in [0.2, 0.25) is 0 Å². The van der Waals surface area contributed by atoms with Crippen LogP contribution >= 0.6 is 0 Å². The lowest BCUT2D eigenvalue weighted by Crippen LogP contribution is -2.38. The fourth-order valence-corrected chi connectivity index (χ4v) is 3.70. The number of rotatable bonds is 3. The second-order valence-electron chi connectivity index (χ2n) is 6.46. The van der Waals surface area contributed by atoms with Gasteiger partial charge in [-0.25, -0.2) is 0 Å². The molecule has 1 nitrogen and oxygen atoms in total. The topological polar surface area (TPSA) is 20.2 Å². The molecule has 0 aromatic heterocycles. The summed E-state index contributed by atoms with van der Waals surface area (Å²) in [4.78, 5) is 0. The van der Waals surface area contributed by atoms with Crippen LogP contribution in [0.3, 0.4) is 0 Å². The van der Waals surface area contributed by atoms with Gasteiger partial charge in [-0.1, -0.05) is 80.4 Å². The lowest BCUT2D eigenvalue weighted by molar-refractivity contribution is -0.00629. The molecule has 0 heterocycles. The van der Waals surface area contributed by atoms with Crippen LogP contribution in [0.5, 0.6) is 0 Å². The number of aliphatic hydroxyl groups is 1. The van der Waals surface area contributed by atoms with E-state index in [1.165, 1.54) is 12.8 Å². The molecular formula is C20H24O. The maximum Gasteiger partial charge on any atom is 0.117 e. The third-order valence-electron chi connectivity index (χ3n) is 5.03. The predicted molar refractivity (Wildman–Crippen MR) is 87.0 cm³/mol. The number of hydrogen-bond donors (Lipinski definition) is 1. The first-order chi connectivity index (χ1) is 10.2. The highest BCUT2D eigenvalue weighted by Gasteiger charge is 2.41. The lowest BCUT2D eigenvalue weighted by atomic mass is 9.68. The SMILES string of the molecule is CC1CCC(C(O)(c2ccccc2)c2ccccc2)CC1. The largest absolute Gasteiger partial charge is 0.380 e. The molecule has 2 aromatic rings. The average Bonchev–Trinajstić information content (AvgIpc) is 2.56. The van der Waals surface area contributed by atoms with Crippen molar-refractivity contribution in [3.8, 4) is 0 Å². The fraction of sp³-hybridized carbons (Fsp3) is 0.400. The van der Waals surface area contributed by atoms with Crippen molar-refractivity contribution in [3.05, 3.63) is 71.8 Å². The van der Waals surface area contributed by atoms with Gasteiger partial charge >= 0.3 is 0 Å². The molecule has 1 heteroatoms. The Kier molecular flexibility index (Phi) is 4.12. The standard InChI is InChI=1S/C20H24O/c1-16-12-14-19(15-13-16)20(21,17-8-4-2-5-9-17)18-10-6-3-7-11-18/h2-11,16,19,21H,12-15H2,1H3. The van der Waals surface area contributed by atoms with Gasteiger partial charge in [-0.2, -0.15) is 0 Å². The summed E-state index contributed by atoms with van der Waals surface area (Å²) in [7, 11) is 0. The van der Waals surface area contributed by atoms with Gasteiger partial charge < -0.3 is 5.11 Å². The van der Waals surface area contributed by atoms with Gasteiger partial charge in [-0.05, 0) is 35.8 Å². The van der Waals surface area contributed by atoms with Gasteiger partial charge in [0, 0.05) is 0 Å². The second-order valence-corrected chi connectivity index (χ2v) is 6.46. The van der Waals surface area contributed by atoms with Crippen molar-refractivity contribution in [1.82, 2.24) is 0 Å². The van der Waals surface area contributed by atoms with E-state index in [1.807, 2.05) is 36.4 Å². The lowest BCUT2D eigenvalue weighted by Gasteiger charge is -2.40. The van der Waals surface area contributed by atoms with Crippen molar-refractivity contribution in [2.75, 3.05) is 0 Å².